The van der Waals surface area contributed by atoms with Crippen LogP contribution in [0.1, 0.15) is 36.8 Å². The monoisotopic (exact) mass is 731 g/mol. The van der Waals surface area contributed by atoms with E-state index >= 15 is 0 Å². The number of halogens is 1. The molecule has 0 spiro atoms. The Morgan fingerprint density at radius 3 is 1.74 bits per heavy atom. The van der Waals surface area contributed by atoms with Crippen molar-refractivity contribution in [2.75, 3.05) is 19.6 Å². The molecule has 4 atom stereocenters. The first-order valence-corrected chi connectivity index (χ1v) is 17.2. The summed E-state index contributed by atoms with van der Waals surface area (Å²) in [5.74, 6) is -4.41. The van der Waals surface area contributed by atoms with Crippen LogP contribution in [0.2, 0.25) is 0 Å². The number of nitrogens with two attached hydrogens (primary N) is 4. The maximum atomic E-state index is 14.2. The van der Waals surface area contributed by atoms with Crippen LogP contribution in [0.3, 0.4) is 0 Å². The minimum absolute atomic E-state index is 0.0484. The topological polar surface area (TPSA) is 274 Å². The Hall–Kier alpha value is -6.26. The van der Waals surface area contributed by atoms with Crippen LogP contribution in [-0.4, -0.2) is 85.3 Å². The van der Waals surface area contributed by atoms with Crippen LogP contribution in [0.4, 0.5) is 4.39 Å². The van der Waals surface area contributed by atoms with Crippen molar-refractivity contribution in [1.82, 2.24) is 26.6 Å². The minimum Gasteiger partial charge on any atom is -0.370 e. The summed E-state index contributed by atoms with van der Waals surface area (Å²) in [4.78, 5) is 76.3. The molecule has 4 rings (SSSR count). The van der Waals surface area contributed by atoms with E-state index in [-0.39, 0.29) is 63.5 Å². The van der Waals surface area contributed by atoms with Crippen molar-refractivity contribution in [3.63, 3.8) is 0 Å². The average Bonchev–Trinajstić information content (AvgIpc) is 3.11. The molecule has 0 saturated carbocycles. The van der Waals surface area contributed by atoms with E-state index in [1.54, 1.807) is 6.07 Å². The molecular weight excluding hydrogens is 685 g/mol. The van der Waals surface area contributed by atoms with Crippen LogP contribution >= 0.6 is 0 Å². The normalized spacial score (nSPS) is 20.1. The Morgan fingerprint density at radius 1 is 0.604 bits per heavy atom. The van der Waals surface area contributed by atoms with E-state index in [4.69, 9.17) is 22.9 Å². The second kappa shape index (κ2) is 19.4. The first-order chi connectivity index (χ1) is 25.4. The lowest BCUT2D eigenvalue weighted by Gasteiger charge is -2.26. The number of hydrogen-bond donors (Lipinski definition) is 9. The van der Waals surface area contributed by atoms with Gasteiger partial charge in [-0.2, -0.15) is 0 Å². The molecule has 1 saturated heterocycles. The third kappa shape index (κ3) is 12.8. The highest BCUT2D eigenvalue weighted by molar-refractivity contribution is 5.97. The van der Waals surface area contributed by atoms with Crippen LogP contribution in [0.5, 0.6) is 0 Å². The predicted octanol–water partition coefficient (Wildman–Crippen LogP) is -1.06. The van der Waals surface area contributed by atoms with Gasteiger partial charge in [-0.05, 0) is 59.7 Å². The number of aliphatic imine (C=N–C) groups is 2. The number of rotatable bonds is 12. The Bertz CT molecular complexity index is 1840. The summed E-state index contributed by atoms with van der Waals surface area (Å²) in [6.07, 6.45) is 0.537. The summed E-state index contributed by atoms with van der Waals surface area (Å²) in [6, 6.07) is 13.9. The zero-order valence-electron chi connectivity index (χ0n) is 29.1. The molecule has 0 unspecified atom stereocenters. The van der Waals surface area contributed by atoms with E-state index in [1.165, 1.54) is 18.2 Å². The first-order valence-electron chi connectivity index (χ1n) is 17.2. The zero-order valence-corrected chi connectivity index (χ0v) is 29.1. The van der Waals surface area contributed by atoms with E-state index in [2.05, 4.69) is 36.6 Å². The first kappa shape index (κ1) is 39.5. The van der Waals surface area contributed by atoms with Crippen molar-refractivity contribution in [1.29, 1.82) is 0 Å². The summed E-state index contributed by atoms with van der Waals surface area (Å²) in [7, 11) is 0. The Kier molecular flexibility index (Phi) is 14.4. The summed E-state index contributed by atoms with van der Waals surface area (Å²) < 4.78 is 14.2. The fourth-order valence-corrected chi connectivity index (χ4v) is 5.82. The van der Waals surface area contributed by atoms with E-state index in [0.29, 0.717) is 5.56 Å². The number of nitrogens with one attached hydrogen (secondary N) is 5. The maximum absolute atomic E-state index is 14.2. The van der Waals surface area contributed by atoms with E-state index in [1.807, 2.05) is 42.5 Å². The van der Waals surface area contributed by atoms with E-state index in [0.717, 1.165) is 16.3 Å². The van der Waals surface area contributed by atoms with Crippen LogP contribution in [0.15, 0.2) is 76.7 Å². The SMILES string of the molecule is NC(N)=NCCC[C@@H]1NC(=O)CNC(=O)[C@H](Cc2ccc3ccccc3c2)NC(=O)[C@H](CCCN=C(N)N)NC(=O)[C@@H](Cc2cccc(F)c2)NC1=O. The van der Waals surface area contributed by atoms with Crippen molar-refractivity contribution in [2.24, 2.45) is 32.9 Å². The number of fused-ring (bicyclic) bond motifs is 1. The lowest BCUT2D eigenvalue weighted by atomic mass is 10.00. The average molecular weight is 732 g/mol. The van der Waals surface area contributed by atoms with Gasteiger partial charge in [0.1, 0.15) is 30.0 Å². The summed E-state index contributed by atoms with van der Waals surface area (Å²) in [5, 5.41) is 15.2. The molecule has 5 amide bonds. The van der Waals surface area contributed by atoms with E-state index in [9.17, 15) is 28.4 Å². The number of benzene rings is 3. The van der Waals surface area contributed by atoms with E-state index < -0.39 is 66.1 Å². The fraction of sp³-hybridized carbons (Fsp3) is 0.361. The number of amides is 5. The lowest BCUT2D eigenvalue weighted by molar-refractivity contribution is -0.134. The highest BCUT2D eigenvalue weighted by Gasteiger charge is 2.32. The Balaban J connectivity index is 1.69. The zero-order chi connectivity index (χ0) is 38.3. The molecule has 0 bridgehead atoms. The van der Waals surface area contributed by atoms with Crippen LogP contribution in [0.25, 0.3) is 10.8 Å². The molecule has 1 heterocycles. The maximum Gasteiger partial charge on any atom is 0.243 e. The predicted molar refractivity (Wildman–Crippen MR) is 198 cm³/mol. The van der Waals surface area contributed by atoms with Gasteiger partial charge in [-0.1, -0.05) is 54.6 Å². The fourth-order valence-electron chi connectivity index (χ4n) is 5.82. The number of nitrogens with zero attached hydrogens (tertiary/aromatic N) is 2. The molecule has 13 N–H and O–H groups in total. The molecule has 17 heteroatoms. The van der Waals surface area contributed by atoms with Crippen LogP contribution in [0, 0.1) is 5.82 Å². The lowest BCUT2D eigenvalue weighted by Crippen LogP contribution is -2.58. The second-order valence-electron chi connectivity index (χ2n) is 12.6. The molecule has 0 radical (unpaired) electrons. The second-order valence-corrected chi connectivity index (χ2v) is 12.6. The number of guanidine groups is 2. The van der Waals surface area contributed by atoms with Crippen molar-refractivity contribution in [2.45, 2.75) is 62.7 Å². The summed E-state index contributed by atoms with van der Waals surface area (Å²) >= 11 is 0. The minimum atomic E-state index is -1.31. The smallest absolute Gasteiger partial charge is 0.243 e. The molecule has 3 aromatic rings. The van der Waals surface area contributed by atoms with Gasteiger partial charge in [0.05, 0.1) is 6.54 Å². The van der Waals surface area contributed by atoms with Crippen molar-refractivity contribution < 1.29 is 28.4 Å². The molecule has 1 aliphatic rings. The van der Waals surface area contributed by atoms with Gasteiger partial charge >= 0.3 is 0 Å². The molecule has 1 fully saturated rings. The Labute approximate surface area is 305 Å². The quantitative estimate of drug-likeness (QED) is 0.0623. The van der Waals surface area contributed by atoms with Gasteiger partial charge < -0.3 is 49.5 Å². The van der Waals surface area contributed by atoms with Gasteiger partial charge in [0, 0.05) is 25.9 Å². The molecule has 282 valence electrons. The van der Waals surface area contributed by atoms with Gasteiger partial charge in [-0.25, -0.2) is 4.39 Å². The molecule has 16 nitrogen and oxygen atoms in total. The van der Waals surface area contributed by atoms with Gasteiger partial charge in [0.2, 0.25) is 29.5 Å². The number of hydrogen-bond acceptors (Lipinski definition) is 7. The molecule has 0 aliphatic carbocycles. The third-order valence-electron chi connectivity index (χ3n) is 8.45. The van der Waals surface area contributed by atoms with Gasteiger partial charge in [-0.15, -0.1) is 0 Å². The molecule has 53 heavy (non-hydrogen) atoms. The van der Waals surface area contributed by atoms with Crippen LogP contribution in [-0.2, 0) is 36.8 Å². The number of carbonyl (C=O) groups is 5. The van der Waals surface area contributed by atoms with Crippen molar-refractivity contribution in [3.05, 3.63) is 83.7 Å². The molecule has 0 aromatic heterocycles. The van der Waals surface area contributed by atoms with Gasteiger partial charge in [0.25, 0.3) is 0 Å². The Morgan fingerprint density at radius 2 is 1.13 bits per heavy atom. The standard InChI is InChI=1S/C36H46FN11O5/c37-25-9-3-6-21(17-25)18-29-34(53)46-27(11-5-15-43-36(40)41)33(52)47-28(19-22-12-13-23-7-1-2-8-24(23)16-22)31(50)44-20-30(49)45-26(32(51)48-29)10-4-14-42-35(38)39/h1-3,6-9,12-13,16-17,26-29H,4-5,10-11,14-15,18-20H2,(H,44,50)(H,45,49)(H,46,53)(H,47,52)(H,48,51)(H4,38,39,42)(H4,40,41,43)/t26-,27-,28-,29+/m0/s1. The van der Waals surface area contributed by atoms with Crippen molar-refractivity contribution >= 4 is 52.2 Å². The van der Waals surface area contributed by atoms with Crippen molar-refractivity contribution in [3.8, 4) is 0 Å². The number of carbonyl (C=O) groups excluding carboxylic acids is 5. The largest absolute Gasteiger partial charge is 0.370 e. The van der Waals surface area contributed by atoms with Gasteiger partial charge in [-0.3, -0.25) is 34.0 Å². The highest BCUT2D eigenvalue weighted by atomic mass is 19.1. The third-order valence-corrected chi connectivity index (χ3v) is 8.45. The van der Waals surface area contributed by atoms with Crippen LogP contribution < -0.4 is 49.5 Å². The molecular formula is C36H46FN11O5. The molecule has 3 aromatic carbocycles. The molecule has 1 aliphatic heterocycles. The summed E-state index contributed by atoms with van der Waals surface area (Å²) in [5.41, 5.74) is 22.9. The van der Waals surface area contributed by atoms with Gasteiger partial charge in [0.15, 0.2) is 11.9 Å². The highest BCUT2D eigenvalue weighted by Crippen LogP contribution is 2.17. The summed E-state index contributed by atoms with van der Waals surface area (Å²) in [6.45, 7) is -0.230.